The lowest BCUT2D eigenvalue weighted by Crippen LogP contribution is -2.24. The standard InChI is InChI=1S/C13H17BrN4/c1-4-15-11(10-7-5-9(2)6-8-10)12-13(14)16-17-18(12)3/h5-8,11,15H,4H2,1-3H3. The Balaban J connectivity index is 2.43. The van der Waals surface area contributed by atoms with Crippen molar-refractivity contribution in [2.45, 2.75) is 19.9 Å². The normalized spacial score (nSPS) is 12.7. The molecule has 0 radical (unpaired) electrons. The molecule has 0 aliphatic rings. The van der Waals surface area contributed by atoms with Crippen molar-refractivity contribution < 1.29 is 0 Å². The molecule has 1 aromatic heterocycles. The average molecular weight is 309 g/mol. The van der Waals surface area contributed by atoms with Crippen LogP contribution in [0.3, 0.4) is 0 Å². The summed E-state index contributed by atoms with van der Waals surface area (Å²) in [5, 5.41) is 11.6. The van der Waals surface area contributed by atoms with E-state index in [2.05, 4.69) is 69.7 Å². The molecule has 5 heteroatoms. The Kier molecular flexibility index (Phi) is 4.14. The molecule has 1 aromatic carbocycles. The van der Waals surface area contributed by atoms with Gasteiger partial charge in [-0.25, -0.2) is 4.68 Å². The number of aryl methyl sites for hydroxylation is 2. The van der Waals surface area contributed by atoms with Crippen LogP contribution in [-0.2, 0) is 7.05 Å². The Morgan fingerprint density at radius 1 is 1.33 bits per heavy atom. The Bertz CT molecular complexity index is 499. The summed E-state index contributed by atoms with van der Waals surface area (Å²) in [6.07, 6.45) is 0. The summed E-state index contributed by atoms with van der Waals surface area (Å²) in [4.78, 5) is 0. The van der Waals surface area contributed by atoms with Gasteiger partial charge >= 0.3 is 0 Å². The Hall–Kier alpha value is -1.20. The minimum absolute atomic E-state index is 0.102. The molecule has 0 fully saturated rings. The SMILES string of the molecule is CCNC(c1ccc(C)cc1)c1c(Br)nnn1C. The van der Waals surface area contributed by atoms with Crippen molar-refractivity contribution >= 4 is 15.9 Å². The van der Waals surface area contributed by atoms with Crippen LogP contribution in [0, 0.1) is 6.92 Å². The highest BCUT2D eigenvalue weighted by atomic mass is 79.9. The maximum absolute atomic E-state index is 4.05. The van der Waals surface area contributed by atoms with E-state index in [1.165, 1.54) is 11.1 Å². The molecule has 0 saturated heterocycles. The molecule has 0 amide bonds. The third-order valence-corrected chi connectivity index (χ3v) is 3.48. The van der Waals surface area contributed by atoms with Gasteiger partial charge in [-0.05, 0) is 35.0 Å². The Morgan fingerprint density at radius 3 is 2.50 bits per heavy atom. The van der Waals surface area contributed by atoms with Crippen LogP contribution in [0.15, 0.2) is 28.9 Å². The van der Waals surface area contributed by atoms with Gasteiger partial charge in [0.05, 0.1) is 11.7 Å². The van der Waals surface area contributed by atoms with Gasteiger partial charge in [0, 0.05) is 7.05 Å². The van der Waals surface area contributed by atoms with E-state index in [1.807, 2.05) is 7.05 Å². The smallest absolute Gasteiger partial charge is 0.153 e. The highest BCUT2D eigenvalue weighted by molar-refractivity contribution is 9.10. The lowest BCUT2D eigenvalue weighted by molar-refractivity contribution is 0.567. The van der Waals surface area contributed by atoms with E-state index < -0.39 is 0 Å². The molecule has 18 heavy (non-hydrogen) atoms. The van der Waals surface area contributed by atoms with Gasteiger partial charge in [0.25, 0.3) is 0 Å². The maximum Gasteiger partial charge on any atom is 0.153 e. The van der Waals surface area contributed by atoms with Crippen molar-refractivity contribution in [1.29, 1.82) is 0 Å². The van der Waals surface area contributed by atoms with Crippen LogP contribution >= 0.6 is 15.9 Å². The predicted molar refractivity (Wildman–Crippen MR) is 75.4 cm³/mol. The molecule has 1 heterocycles. The molecular formula is C13H17BrN4. The zero-order chi connectivity index (χ0) is 13.1. The summed E-state index contributed by atoms with van der Waals surface area (Å²) in [6.45, 7) is 5.07. The quantitative estimate of drug-likeness (QED) is 0.944. The fourth-order valence-corrected chi connectivity index (χ4v) is 2.54. The fourth-order valence-electron chi connectivity index (χ4n) is 1.98. The highest BCUT2D eigenvalue weighted by Crippen LogP contribution is 2.26. The van der Waals surface area contributed by atoms with Crippen molar-refractivity contribution in [2.24, 2.45) is 7.05 Å². The number of halogens is 1. The summed E-state index contributed by atoms with van der Waals surface area (Å²) in [7, 11) is 1.91. The molecule has 0 bridgehead atoms. The lowest BCUT2D eigenvalue weighted by atomic mass is 10.0. The van der Waals surface area contributed by atoms with E-state index in [0.29, 0.717) is 0 Å². The van der Waals surface area contributed by atoms with Crippen molar-refractivity contribution in [1.82, 2.24) is 20.3 Å². The van der Waals surface area contributed by atoms with E-state index in [4.69, 9.17) is 0 Å². The Morgan fingerprint density at radius 2 is 2.00 bits per heavy atom. The van der Waals surface area contributed by atoms with Crippen LogP contribution in [0.1, 0.15) is 29.8 Å². The zero-order valence-corrected chi connectivity index (χ0v) is 12.4. The van der Waals surface area contributed by atoms with Crippen LogP contribution < -0.4 is 5.32 Å². The zero-order valence-electron chi connectivity index (χ0n) is 10.8. The summed E-state index contributed by atoms with van der Waals surface area (Å²) >= 11 is 3.47. The van der Waals surface area contributed by atoms with Gasteiger partial charge < -0.3 is 5.32 Å². The van der Waals surface area contributed by atoms with Crippen molar-refractivity contribution in [3.05, 3.63) is 45.7 Å². The second kappa shape index (κ2) is 5.63. The van der Waals surface area contributed by atoms with Gasteiger partial charge in [-0.15, -0.1) is 5.10 Å². The summed E-state index contributed by atoms with van der Waals surface area (Å²) in [5.74, 6) is 0. The topological polar surface area (TPSA) is 42.7 Å². The number of nitrogens with one attached hydrogen (secondary N) is 1. The molecule has 0 spiro atoms. The number of hydrogen-bond donors (Lipinski definition) is 1. The van der Waals surface area contributed by atoms with Crippen molar-refractivity contribution in [3.63, 3.8) is 0 Å². The van der Waals surface area contributed by atoms with Crippen LogP contribution in [0.2, 0.25) is 0 Å². The van der Waals surface area contributed by atoms with E-state index in [9.17, 15) is 0 Å². The molecule has 2 aromatic rings. The van der Waals surface area contributed by atoms with Crippen molar-refractivity contribution in [3.8, 4) is 0 Å². The van der Waals surface area contributed by atoms with Crippen LogP contribution in [-0.4, -0.2) is 21.5 Å². The van der Waals surface area contributed by atoms with Gasteiger partial charge in [0.1, 0.15) is 0 Å². The monoisotopic (exact) mass is 308 g/mol. The van der Waals surface area contributed by atoms with Gasteiger partial charge in [0.15, 0.2) is 4.60 Å². The molecule has 0 aliphatic carbocycles. The van der Waals surface area contributed by atoms with Gasteiger partial charge in [0.2, 0.25) is 0 Å². The van der Waals surface area contributed by atoms with Crippen LogP contribution in [0.5, 0.6) is 0 Å². The largest absolute Gasteiger partial charge is 0.305 e. The summed E-state index contributed by atoms with van der Waals surface area (Å²) < 4.78 is 2.59. The van der Waals surface area contributed by atoms with Crippen LogP contribution in [0.25, 0.3) is 0 Å². The lowest BCUT2D eigenvalue weighted by Gasteiger charge is -2.18. The molecule has 1 N–H and O–H groups in total. The second-order valence-corrected chi connectivity index (χ2v) is 5.04. The molecule has 1 atom stereocenters. The van der Waals surface area contributed by atoms with Gasteiger partial charge in [-0.1, -0.05) is 42.0 Å². The first kappa shape index (κ1) is 13.2. The molecule has 4 nitrogen and oxygen atoms in total. The number of aromatic nitrogens is 3. The minimum atomic E-state index is 0.102. The number of hydrogen-bond acceptors (Lipinski definition) is 3. The number of benzene rings is 1. The molecule has 96 valence electrons. The molecule has 2 rings (SSSR count). The first-order chi connectivity index (χ1) is 8.63. The molecular weight excluding hydrogens is 292 g/mol. The van der Waals surface area contributed by atoms with Gasteiger partial charge in [-0.2, -0.15) is 0 Å². The van der Waals surface area contributed by atoms with E-state index in [0.717, 1.165) is 16.8 Å². The maximum atomic E-state index is 4.05. The third kappa shape index (κ3) is 2.62. The van der Waals surface area contributed by atoms with E-state index in [1.54, 1.807) is 4.68 Å². The number of rotatable bonds is 4. The predicted octanol–water partition coefficient (Wildman–Crippen LogP) is 2.58. The summed E-state index contributed by atoms with van der Waals surface area (Å²) in [5.41, 5.74) is 3.52. The minimum Gasteiger partial charge on any atom is -0.305 e. The Labute approximate surface area is 116 Å². The molecule has 0 aliphatic heterocycles. The molecule has 0 saturated carbocycles. The first-order valence-corrected chi connectivity index (χ1v) is 6.77. The molecule has 1 unspecified atom stereocenters. The third-order valence-electron chi connectivity index (χ3n) is 2.92. The van der Waals surface area contributed by atoms with Gasteiger partial charge in [-0.3, -0.25) is 0 Å². The number of nitrogens with zero attached hydrogens (tertiary/aromatic N) is 3. The first-order valence-electron chi connectivity index (χ1n) is 5.98. The van der Waals surface area contributed by atoms with E-state index >= 15 is 0 Å². The van der Waals surface area contributed by atoms with Crippen molar-refractivity contribution in [2.75, 3.05) is 6.54 Å². The van der Waals surface area contributed by atoms with Crippen LogP contribution in [0.4, 0.5) is 0 Å². The van der Waals surface area contributed by atoms with E-state index in [-0.39, 0.29) is 6.04 Å². The average Bonchev–Trinajstić information content (AvgIpc) is 2.68. The summed E-state index contributed by atoms with van der Waals surface area (Å²) in [6, 6.07) is 8.63. The second-order valence-electron chi connectivity index (χ2n) is 4.29. The fraction of sp³-hybridized carbons (Fsp3) is 0.385. The highest BCUT2D eigenvalue weighted by Gasteiger charge is 2.20.